The molecule has 1 aliphatic rings. The molecule has 1 unspecified atom stereocenters. The summed E-state index contributed by atoms with van der Waals surface area (Å²) >= 11 is 6.41. The molecule has 0 saturated carbocycles. The van der Waals surface area contributed by atoms with Gasteiger partial charge in [0.2, 0.25) is 0 Å². The third-order valence-electron chi connectivity index (χ3n) is 6.22. The van der Waals surface area contributed by atoms with Gasteiger partial charge in [-0.05, 0) is 85.1 Å². The number of halogens is 2. The zero-order valence-corrected chi connectivity index (χ0v) is 19.5. The first-order valence-corrected chi connectivity index (χ1v) is 11.4. The van der Waals surface area contributed by atoms with Gasteiger partial charge in [0.15, 0.2) is 5.67 Å². The number of rotatable bonds is 10. The van der Waals surface area contributed by atoms with Gasteiger partial charge in [0.05, 0.1) is 0 Å². The van der Waals surface area contributed by atoms with Gasteiger partial charge < -0.3 is 9.84 Å². The van der Waals surface area contributed by atoms with Crippen molar-refractivity contribution >= 4 is 23.1 Å². The first-order chi connectivity index (χ1) is 15.3. The average molecular weight is 457 g/mol. The van der Waals surface area contributed by atoms with Gasteiger partial charge in [0, 0.05) is 17.0 Å². The molecule has 0 bridgehead atoms. The topological polar surface area (TPSA) is 46.5 Å². The molecule has 1 aliphatic carbocycles. The van der Waals surface area contributed by atoms with Crippen molar-refractivity contribution in [2.24, 2.45) is 0 Å². The second-order valence-electron chi connectivity index (χ2n) is 8.35. The summed E-state index contributed by atoms with van der Waals surface area (Å²) < 4.78 is 22.0. The van der Waals surface area contributed by atoms with E-state index in [2.05, 4.69) is 6.58 Å². The summed E-state index contributed by atoms with van der Waals surface area (Å²) in [7, 11) is 0. The molecule has 3 rings (SSSR count). The van der Waals surface area contributed by atoms with Gasteiger partial charge in [-0.2, -0.15) is 0 Å². The Balaban J connectivity index is 1.89. The van der Waals surface area contributed by atoms with Crippen molar-refractivity contribution in [1.29, 1.82) is 0 Å². The van der Waals surface area contributed by atoms with Crippen molar-refractivity contribution in [1.82, 2.24) is 0 Å². The third kappa shape index (κ3) is 5.24. The molecule has 0 radical (unpaired) electrons. The largest absolute Gasteiger partial charge is 0.489 e. The normalized spacial score (nSPS) is 15.5. The van der Waals surface area contributed by atoms with E-state index < -0.39 is 11.6 Å². The zero-order valence-electron chi connectivity index (χ0n) is 18.7. The number of hydrogen-bond acceptors (Lipinski definition) is 2. The molecule has 0 fully saturated rings. The Labute approximate surface area is 194 Å². The molecule has 2 aromatic rings. The van der Waals surface area contributed by atoms with E-state index in [9.17, 15) is 4.79 Å². The molecule has 3 nitrogen and oxygen atoms in total. The van der Waals surface area contributed by atoms with Gasteiger partial charge in [-0.25, -0.2) is 4.39 Å². The minimum absolute atomic E-state index is 0.0583. The molecule has 32 heavy (non-hydrogen) atoms. The Bertz CT molecular complexity index is 1040. The maximum atomic E-state index is 15.9. The van der Waals surface area contributed by atoms with Crippen LogP contribution in [-0.2, 0) is 16.9 Å². The second-order valence-corrected chi connectivity index (χ2v) is 8.76. The lowest BCUT2D eigenvalue weighted by Gasteiger charge is -2.28. The minimum atomic E-state index is -1.73. The Morgan fingerprint density at radius 2 is 2.00 bits per heavy atom. The summed E-state index contributed by atoms with van der Waals surface area (Å²) in [6.45, 7) is 7.69. The molecule has 0 heterocycles. The summed E-state index contributed by atoms with van der Waals surface area (Å²) in [5.41, 5.74) is 3.25. The van der Waals surface area contributed by atoms with Crippen LogP contribution in [0.25, 0.3) is 5.57 Å². The highest BCUT2D eigenvalue weighted by atomic mass is 35.5. The molecule has 0 aliphatic heterocycles. The fourth-order valence-corrected chi connectivity index (χ4v) is 4.61. The van der Waals surface area contributed by atoms with E-state index in [0.717, 1.165) is 29.8 Å². The minimum Gasteiger partial charge on any atom is -0.489 e. The fraction of sp³-hybridized carbons (Fsp3) is 0.370. The van der Waals surface area contributed by atoms with Crippen LogP contribution >= 0.6 is 11.6 Å². The van der Waals surface area contributed by atoms with Gasteiger partial charge in [0.1, 0.15) is 12.4 Å². The molecule has 0 saturated heterocycles. The van der Waals surface area contributed by atoms with E-state index in [1.54, 1.807) is 32.0 Å². The molecule has 1 N–H and O–H groups in total. The van der Waals surface area contributed by atoms with Crippen LogP contribution in [0.15, 0.2) is 60.2 Å². The summed E-state index contributed by atoms with van der Waals surface area (Å²) in [4.78, 5) is 11.1. The number of carboxylic acids is 1. The smallest absolute Gasteiger partial charge is 0.303 e. The molecule has 170 valence electrons. The van der Waals surface area contributed by atoms with Crippen LogP contribution < -0.4 is 4.74 Å². The SMILES string of the molecule is C=C(C)C(F)(CC)c1cc(OCC2=C(c3ccccc3Cl)CCC2)ccc1CCC(=O)O. The standard InChI is InChI=1S/C27H30ClFO3/c1-4-27(29,18(2)3)24-16-21(14-12-19(24)13-15-26(30)31)32-17-20-8-7-10-22(20)23-9-5-6-11-25(23)28/h5-6,9,11-12,14,16H,2,4,7-8,10,13,15,17H2,1,3H3,(H,30,31). The summed E-state index contributed by atoms with van der Waals surface area (Å²) in [5.74, 6) is -0.346. The highest BCUT2D eigenvalue weighted by molar-refractivity contribution is 6.32. The maximum absolute atomic E-state index is 15.9. The summed E-state index contributed by atoms with van der Waals surface area (Å²) in [6.07, 6.45) is 3.37. The monoisotopic (exact) mass is 456 g/mol. The number of hydrogen-bond donors (Lipinski definition) is 1. The van der Waals surface area contributed by atoms with Gasteiger partial charge in [-0.1, -0.05) is 49.4 Å². The van der Waals surface area contributed by atoms with Crippen LogP contribution in [0, 0.1) is 0 Å². The average Bonchev–Trinajstić information content (AvgIpc) is 3.24. The van der Waals surface area contributed by atoms with E-state index in [1.165, 1.54) is 11.1 Å². The first-order valence-electron chi connectivity index (χ1n) is 11.0. The van der Waals surface area contributed by atoms with Gasteiger partial charge in [-0.3, -0.25) is 4.79 Å². The van der Waals surface area contributed by atoms with Gasteiger partial charge >= 0.3 is 5.97 Å². The van der Waals surface area contributed by atoms with Crippen LogP contribution in [0.2, 0.25) is 5.02 Å². The van der Waals surface area contributed by atoms with Crippen LogP contribution in [0.4, 0.5) is 4.39 Å². The van der Waals surface area contributed by atoms with Crippen molar-refractivity contribution in [3.8, 4) is 5.75 Å². The number of carbonyl (C=O) groups is 1. The fourth-order valence-electron chi connectivity index (χ4n) is 4.36. The number of carboxylic acid groups (broad SMARTS) is 1. The number of alkyl halides is 1. The molecular formula is C27H30ClFO3. The Hall–Kier alpha value is -2.59. The predicted molar refractivity (Wildman–Crippen MR) is 128 cm³/mol. The Kier molecular flexibility index (Phi) is 7.78. The summed E-state index contributed by atoms with van der Waals surface area (Å²) in [5, 5.41) is 9.82. The summed E-state index contributed by atoms with van der Waals surface area (Å²) in [6, 6.07) is 13.1. The number of benzene rings is 2. The molecule has 1 atom stereocenters. The molecule has 0 spiro atoms. The number of aryl methyl sites for hydroxylation is 1. The van der Waals surface area contributed by atoms with Crippen LogP contribution in [-0.4, -0.2) is 17.7 Å². The van der Waals surface area contributed by atoms with Crippen LogP contribution in [0.5, 0.6) is 5.75 Å². The predicted octanol–water partition coefficient (Wildman–Crippen LogP) is 7.52. The number of allylic oxidation sites excluding steroid dienone is 2. The van der Waals surface area contributed by atoms with Crippen LogP contribution in [0.3, 0.4) is 0 Å². The Morgan fingerprint density at radius 3 is 2.66 bits per heavy atom. The molecule has 5 heteroatoms. The quantitative estimate of drug-likeness (QED) is 0.376. The van der Waals surface area contributed by atoms with Crippen molar-refractivity contribution in [2.75, 3.05) is 6.61 Å². The first kappa shape index (κ1) is 24.1. The van der Waals surface area contributed by atoms with E-state index in [0.29, 0.717) is 29.1 Å². The number of aliphatic carboxylic acids is 1. The number of ether oxygens (including phenoxy) is 1. The highest BCUT2D eigenvalue weighted by Gasteiger charge is 2.33. The second kappa shape index (κ2) is 10.4. The molecule has 0 aromatic heterocycles. The molecule has 2 aromatic carbocycles. The third-order valence-corrected chi connectivity index (χ3v) is 6.55. The van der Waals surface area contributed by atoms with Crippen molar-refractivity contribution in [3.05, 3.63) is 81.9 Å². The van der Waals surface area contributed by atoms with E-state index in [1.807, 2.05) is 24.3 Å². The van der Waals surface area contributed by atoms with Gasteiger partial charge in [0.25, 0.3) is 0 Å². The van der Waals surface area contributed by atoms with Crippen molar-refractivity contribution in [2.45, 2.75) is 58.0 Å². The van der Waals surface area contributed by atoms with E-state index >= 15 is 4.39 Å². The van der Waals surface area contributed by atoms with E-state index in [4.69, 9.17) is 21.4 Å². The highest BCUT2D eigenvalue weighted by Crippen LogP contribution is 2.41. The zero-order chi connectivity index (χ0) is 23.3. The lowest BCUT2D eigenvalue weighted by atomic mass is 9.83. The van der Waals surface area contributed by atoms with E-state index in [-0.39, 0.29) is 19.3 Å². The molecule has 0 amide bonds. The Morgan fingerprint density at radius 1 is 1.25 bits per heavy atom. The lowest BCUT2D eigenvalue weighted by Crippen LogP contribution is -2.22. The maximum Gasteiger partial charge on any atom is 0.303 e. The van der Waals surface area contributed by atoms with Crippen molar-refractivity contribution in [3.63, 3.8) is 0 Å². The van der Waals surface area contributed by atoms with Gasteiger partial charge in [-0.15, -0.1) is 0 Å². The molecular weight excluding hydrogens is 427 g/mol. The lowest BCUT2D eigenvalue weighted by molar-refractivity contribution is -0.136. The van der Waals surface area contributed by atoms with Crippen LogP contribution in [0.1, 0.15) is 62.6 Å². The van der Waals surface area contributed by atoms with Crippen molar-refractivity contribution < 1.29 is 19.0 Å².